The molecule has 0 fully saturated rings. The summed E-state index contributed by atoms with van der Waals surface area (Å²) >= 11 is 0. The smallest absolute Gasteiger partial charge is 0.257 e. The summed E-state index contributed by atoms with van der Waals surface area (Å²) in [5.41, 5.74) is 2.04. The first-order valence-electron chi connectivity index (χ1n) is 16.6. The van der Waals surface area contributed by atoms with Crippen LogP contribution in [0.3, 0.4) is 0 Å². The molecule has 3 aromatic carbocycles. The molecule has 0 heterocycles. The van der Waals surface area contributed by atoms with Gasteiger partial charge in [0, 0.05) is 52.8 Å². The Morgan fingerprint density at radius 2 is 1.23 bits per heavy atom. The lowest BCUT2D eigenvalue weighted by Gasteiger charge is -2.37. The predicted molar refractivity (Wildman–Crippen MR) is 190 cm³/mol. The molecule has 0 aliphatic rings. The van der Waals surface area contributed by atoms with E-state index in [9.17, 15) is 14.4 Å². The number of carbonyl (C=O) groups excluding carboxylic acids is 3. The van der Waals surface area contributed by atoms with E-state index in [0.717, 1.165) is 36.0 Å². The van der Waals surface area contributed by atoms with Gasteiger partial charge in [-0.1, -0.05) is 72.1 Å². The van der Waals surface area contributed by atoms with E-state index in [1.165, 1.54) is 0 Å². The summed E-state index contributed by atoms with van der Waals surface area (Å²) in [4.78, 5) is 39.7. The van der Waals surface area contributed by atoms with Crippen molar-refractivity contribution in [3.05, 3.63) is 76.9 Å². The molecule has 260 valence electrons. The number of carbonyl (C=O) groups is 3. The largest absolute Gasteiger partial charge is 0.497 e. The van der Waals surface area contributed by atoms with Crippen LogP contribution in [0.4, 0.5) is 5.69 Å². The lowest BCUT2D eigenvalue weighted by Crippen LogP contribution is -2.35. The topological polar surface area (TPSA) is 112 Å². The maximum atomic E-state index is 14.5. The molecule has 0 aromatic heterocycles. The third kappa shape index (κ3) is 9.08. The van der Waals surface area contributed by atoms with Gasteiger partial charge in [-0.2, -0.15) is 0 Å². The number of methoxy groups -OCH3 is 4. The van der Waals surface area contributed by atoms with Gasteiger partial charge in [-0.3, -0.25) is 19.7 Å². The lowest BCUT2D eigenvalue weighted by atomic mass is 9.67. The summed E-state index contributed by atoms with van der Waals surface area (Å²) in [6.45, 7) is 10.1. The standard InChI is InChI=1S/C39H52N2O7/c1-10-12-13-21-39(30-19-16-27(45-6)23-33(30)47-8,31-20-17-28(46-7)24-34(31)48-9)25-36(43)40-32-22-26(15-18-29(32)38(3,4)5)37(44)41-35(42)14-11-2/h15-20,22-24H,10-14,21,25H2,1-9H3,(H,40,43)(H,41,42,44). The van der Waals surface area contributed by atoms with Crippen molar-refractivity contribution >= 4 is 23.4 Å². The number of imide groups is 1. The highest BCUT2D eigenvalue weighted by Crippen LogP contribution is 2.49. The fraction of sp³-hybridized carbons (Fsp3) is 0.462. The van der Waals surface area contributed by atoms with Crippen LogP contribution >= 0.6 is 0 Å². The maximum Gasteiger partial charge on any atom is 0.257 e. The van der Waals surface area contributed by atoms with Gasteiger partial charge in [0.1, 0.15) is 23.0 Å². The van der Waals surface area contributed by atoms with E-state index in [1.807, 2.05) is 70.2 Å². The predicted octanol–water partition coefficient (Wildman–Crippen LogP) is 7.97. The quantitative estimate of drug-likeness (QED) is 0.150. The summed E-state index contributed by atoms with van der Waals surface area (Å²) in [6, 6.07) is 16.5. The van der Waals surface area contributed by atoms with Crippen LogP contribution in [0, 0.1) is 0 Å². The van der Waals surface area contributed by atoms with Crippen molar-refractivity contribution in [2.45, 2.75) is 90.4 Å². The zero-order valence-corrected chi connectivity index (χ0v) is 30.0. The summed E-state index contributed by atoms with van der Waals surface area (Å²) in [6.07, 6.45) is 4.32. The number of ether oxygens (including phenoxy) is 4. The number of hydrogen-bond acceptors (Lipinski definition) is 7. The molecule has 0 spiro atoms. The Kier molecular flexibility index (Phi) is 13.5. The lowest BCUT2D eigenvalue weighted by molar-refractivity contribution is -0.120. The minimum absolute atomic E-state index is 0.0388. The molecule has 0 saturated heterocycles. The summed E-state index contributed by atoms with van der Waals surface area (Å²) in [5, 5.41) is 5.61. The van der Waals surface area contributed by atoms with Crippen LogP contribution in [-0.4, -0.2) is 46.2 Å². The molecule has 0 aliphatic heterocycles. The van der Waals surface area contributed by atoms with Crippen molar-refractivity contribution in [3.63, 3.8) is 0 Å². The van der Waals surface area contributed by atoms with Crippen molar-refractivity contribution in [1.29, 1.82) is 0 Å². The molecule has 0 bridgehead atoms. The second kappa shape index (κ2) is 17.0. The number of hydrogen-bond donors (Lipinski definition) is 2. The summed E-state index contributed by atoms with van der Waals surface area (Å²) in [7, 11) is 6.42. The SMILES string of the molecule is CCCCCC(CC(=O)Nc1cc(C(=O)NC(=O)CCC)ccc1C(C)(C)C)(c1ccc(OC)cc1OC)c1ccc(OC)cc1OC. The molecule has 2 N–H and O–H groups in total. The monoisotopic (exact) mass is 660 g/mol. The zero-order valence-electron chi connectivity index (χ0n) is 30.0. The van der Waals surface area contributed by atoms with Crippen molar-refractivity contribution in [3.8, 4) is 23.0 Å². The van der Waals surface area contributed by atoms with Crippen LogP contribution in [0.1, 0.15) is 107 Å². The first-order valence-corrected chi connectivity index (χ1v) is 16.6. The molecule has 0 unspecified atom stereocenters. The second-order valence-electron chi connectivity index (χ2n) is 13.0. The van der Waals surface area contributed by atoms with Crippen LogP contribution in [0.25, 0.3) is 0 Å². The first kappa shape index (κ1) is 37.9. The fourth-order valence-electron chi connectivity index (χ4n) is 6.16. The second-order valence-corrected chi connectivity index (χ2v) is 13.0. The Hall–Kier alpha value is -4.53. The zero-order chi connectivity index (χ0) is 35.5. The van der Waals surface area contributed by atoms with Crippen molar-refractivity contribution in [2.24, 2.45) is 0 Å². The molecule has 3 aromatic rings. The van der Waals surface area contributed by atoms with Gasteiger partial charge in [0.15, 0.2) is 0 Å². The van der Waals surface area contributed by atoms with Gasteiger partial charge in [0.25, 0.3) is 5.91 Å². The highest BCUT2D eigenvalue weighted by molar-refractivity contribution is 6.06. The minimum atomic E-state index is -0.891. The molecule has 0 atom stereocenters. The molecule has 3 rings (SSSR count). The molecule has 0 radical (unpaired) electrons. The van der Waals surface area contributed by atoms with Gasteiger partial charge in [-0.25, -0.2) is 0 Å². The van der Waals surface area contributed by atoms with Gasteiger partial charge in [0.2, 0.25) is 11.8 Å². The number of amides is 3. The normalized spacial score (nSPS) is 11.4. The Morgan fingerprint density at radius 1 is 0.667 bits per heavy atom. The van der Waals surface area contributed by atoms with Gasteiger partial charge in [0.05, 0.1) is 28.4 Å². The average Bonchev–Trinajstić information content (AvgIpc) is 3.06. The van der Waals surface area contributed by atoms with Gasteiger partial charge < -0.3 is 24.3 Å². The highest BCUT2D eigenvalue weighted by atomic mass is 16.5. The maximum absolute atomic E-state index is 14.5. The Bertz CT molecular complexity index is 1520. The van der Waals surface area contributed by atoms with Crippen LogP contribution in [0.2, 0.25) is 0 Å². The van der Waals surface area contributed by atoms with E-state index in [-0.39, 0.29) is 35.6 Å². The molecule has 48 heavy (non-hydrogen) atoms. The van der Waals surface area contributed by atoms with Crippen molar-refractivity contribution in [2.75, 3.05) is 33.8 Å². The Balaban J connectivity index is 2.22. The van der Waals surface area contributed by atoms with E-state index in [4.69, 9.17) is 18.9 Å². The van der Waals surface area contributed by atoms with Crippen LogP contribution in [-0.2, 0) is 20.4 Å². The fourth-order valence-corrected chi connectivity index (χ4v) is 6.16. The highest BCUT2D eigenvalue weighted by Gasteiger charge is 2.41. The third-order valence-electron chi connectivity index (χ3n) is 8.61. The summed E-state index contributed by atoms with van der Waals surface area (Å²) < 4.78 is 22.9. The molecule has 0 saturated carbocycles. The van der Waals surface area contributed by atoms with Gasteiger partial charge in [-0.15, -0.1) is 0 Å². The van der Waals surface area contributed by atoms with Crippen LogP contribution < -0.4 is 29.6 Å². The van der Waals surface area contributed by atoms with E-state index in [1.54, 1.807) is 40.6 Å². The van der Waals surface area contributed by atoms with Gasteiger partial charge >= 0.3 is 0 Å². The van der Waals surface area contributed by atoms with Crippen LogP contribution in [0.15, 0.2) is 54.6 Å². The average molecular weight is 661 g/mol. The summed E-state index contributed by atoms with van der Waals surface area (Å²) in [5.74, 6) is 1.33. The van der Waals surface area contributed by atoms with Crippen LogP contribution in [0.5, 0.6) is 23.0 Å². The van der Waals surface area contributed by atoms with E-state index < -0.39 is 11.3 Å². The number of nitrogens with one attached hydrogen (secondary N) is 2. The molecular weight excluding hydrogens is 608 g/mol. The van der Waals surface area contributed by atoms with Crippen molar-refractivity contribution < 1.29 is 33.3 Å². The number of unbranched alkanes of at least 4 members (excludes halogenated alkanes) is 2. The van der Waals surface area contributed by atoms with Crippen molar-refractivity contribution in [1.82, 2.24) is 5.32 Å². The number of rotatable bonds is 16. The first-order chi connectivity index (χ1) is 22.9. The van der Waals surface area contributed by atoms with E-state index in [0.29, 0.717) is 41.5 Å². The molecule has 9 heteroatoms. The Morgan fingerprint density at radius 3 is 1.71 bits per heavy atom. The third-order valence-corrected chi connectivity index (χ3v) is 8.61. The minimum Gasteiger partial charge on any atom is -0.497 e. The molecule has 9 nitrogen and oxygen atoms in total. The number of benzene rings is 3. The Labute approximate surface area is 285 Å². The van der Waals surface area contributed by atoms with Gasteiger partial charge in [-0.05, 0) is 48.1 Å². The number of anilines is 1. The molecule has 0 aliphatic carbocycles. The van der Waals surface area contributed by atoms with E-state index >= 15 is 0 Å². The van der Waals surface area contributed by atoms with E-state index in [2.05, 4.69) is 17.6 Å². The molecule has 3 amide bonds. The molecular formula is C39H52N2O7.